The number of hydrogen-bond donors (Lipinski definition) is 2. The van der Waals surface area contributed by atoms with Gasteiger partial charge >= 0.3 is 7.12 Å². The lowest BCUT2D eigenvalue weighted by Gasteiger charge is -2.10. The van der Waals surface area contributed by atoms with Gasteiger partial charge in [-0.2, -0.15) is 0 Å². The van der Waals surface area contributed by atoms with Gasteiger partial charge in [0.1, 0.15) is 0 Å². The van der Waals surface area contributed by atoms with E-state index >= 15 is 0 Å². The molecule has 0 aliphatic heterocycles. The molecule has 3 heteroatoms. The maximum absolute atomic E-state index is 9.31. The maximum atomic E-state index is 9.31. The van der Waals surface area contributed by atoms with Crippen molar-refractivity contribution in [3.8, 4) is 11.1 Å². The van der Waals surface area contributed by atoms with Crippen LogP contribution in [0.1, 0.15) is 5.56 Å². The van der Waals surface area contributed by atoms with Crippen molar-refractivity contribution in [2.75, 3.05) is 0 Å². The van der Waals surface area contributed by atoms with Gasteiger partial charge in [0.15, 0.2) is 0 Å². The highest BCUT2D eigenvalue weighted by Crippen LogP contribution is 2.18. The number of rotatable bonds is 2. The molecular formula is C13H13BO2. The lowest BCUT2D eigenvalue weighted by molar-refractivity contribution is 0.426. The molecule has 2 nitrogen and oxygen atoms in total. The predicted molar refractivity (Wildman–Crippen MR) is 66.4 cm³/mol. The predicted octanol–water partition coefficient (Wildman–Crippen LogP) is 1.34. The molecule has 0 fully saturated rings. The Morgan fingerprint density at radius 2 is 1.62 bits per heavy atom. The molecule has 2 N–H and O–H groups in total. The van der Waals surface area contributed by atoms with E-state index in [-0.39, 0.29) is 0 Å². The van der Waals surface area contributed by atoms with Gasteiger partial charge in [0.25, 0.3) is 0 Å². The fourth-order valence-electron chi connectivity index (χ4n) is 1.76. The van der Waals surface area contributed by atoms with Crippen LogP contribution in [-0.4, -0.2) is 17.2 Å². The Balaban J connectivity index is 2.58. The van der Waals surface area contributed by atoms with Crippen molar-refractivity contribution in [2.45, 2.75) is 6.92 Å². The third kappa shape index (κ3) is 2.16. The van der Waals surface area contributed by atoms with E-state index in [4.69, 9.17) is 0 Å². The van der Waals surface area contributed by atoms with Crippen molar-refractivity contribution in [3.63, 3.8) is 0 Å². The molecule has 0 aliphatic carbocycles. The van der Waals surface area contributed by atoms with Crippen LogP contribution in [0.4, 0.5) is 0 Å². The molecule has 0 saturated carbocycles. The van der Waals surface area contributed by atoms with E-state index in [1.165, 1.54) is 0 Å². The van der Waals surface area contributed by atoms with Crippen molar-refractivity contribution in [1.82, 2.24) is 0 Å². The van der Waals surface area contributed by atoms with Crippen LogP contribution in [0, 0.1) is 6.92 Å². The standard InChI is InChI=1S/C13H13BO2/c1-10-7-8-13(14(15)16)12(9-10)11-5-3-2-4-6-11/h2-9,15-16H,1H3. The summed E-state index contributed by atoms with van der Waals surface area (Å²) in [6.07, 6.45) is 0. The topological polar surface area (TPSA) is 40.5 Å². The summed E-state index contributed by atoms with van der Waals surface area (Å²) in [6, 6.07) is 15.3. The summed E-state index contributed by atoms with van der Waals surface area (Å²) in [5.41, 5.74) is 3.50. The fraction of sp³-hybridized carbons (Fsp3) is 0.0769. The molecule has 0 heterocycles. The molecule has 0 spiro atoms. The SMILES string of the molecule is Cc1ccc(B(O)O)c(-c2ccccc2)c1. The van der Waals surface area contributed by atoms with Gasteiger partial charge in [-0.05, 0) is 23.5 Å². The van der Waals surface area contributed by atoms with Crippen molar-refractivity contribution in [1.29, 1.82) is 0 Å². The minimum absolute atomic E-state index is 0.539. The lowest BCUT2D eigenvalue weighted by Crippen LogP contribution is -2.31. The van der Waals surface area contributed by atoms with Crippen molar-refractivity contribution < 1.29 is 10.0 Å². The summed E-state index contributed by atoms with van der Waals surface area (Å²) < 4.78 is 0. The summed E-state index contributed by atoms with van der Waals surface area (Å²) in [6.45, 7) is 1.99. The van der Waals surface area contributed by atoms with Gasteiger partial charge in [-0.1, -0.05) is 54.1 Å². The van der Waals surface area contributed by atoms with E-state index in [9.17, 15) is 10.0 Å². The second-order valence-corrected chi connectivity index (χ2v) is 3.83. The fourth-order valence-corrected chi connectivity index (χ4v) is 1.76. The van der Waals surface area contributed by atoms with Gasteiger partial charge in [0, 0.05) is 0 Å². The molecule has 80 valence electrons. The lowest BCUT2D eigenvalue weighted by atomic mass is 9.75. The van der Waals surface area contributed by atoms with Crippen molar-refractivity contribution in [3.05, 3.63) is 54.1 Å². The molecule has 2 aromatic rings. The normalized spacial score (nSPS) is 10.2. The van der Waals surface area contributed by atoms with E-state index in [0.29, 0.717) is 5.46 Å². The zero-order chi connectivity index (χ0) is 11.5. The first-order valence-corrected chi connectivity index (χ1v) is 5.20. The Morgan fingerprint density at radius 1 is 0.938 bits per heavy atom. The molecule has 0 atom stereocenters. The van der Waals surface area contributed by atoms with Gasteiger partial charge in [0.05, 0.1) is 0 Å². The highest BCUT2D eigenvalue weighted by atomic mass is 16.4. The Kier molecular flexibility index (Phi) is 3.08. The molecule has 0 aliphatic rings. The average Bonchev–Trinajstić information content (AvgIpc) is 2.29. The second-order valence-electron chi connectivity index (χ2n) is 3.83. The van der Waals surface area contributed by atoms with Gasteiger partial charge in [0.2, 0.25) is 0 Å². The Labute approximate surface area is 95.3 Å². The van der Waals surface area contributed by atoms with Gasteiger partial charge in [-0.3, -0.25) is 0 Å². The maximum Gasteiger partial charge on any atom is 0.489 e. The van der Waals surface area contributed by atoms with E-state index < -0.39 is 7.12 Å². The van der Waals surface area contributed by atoms with Crippen LogP contribution >= 0.6 is 0 Å². The molecule has 0 radical (unpaired) electrons. The smallest absolute Gasteiger partial charge is 0.423 e. The van der Waals surface area contributed by atoms with Crippen LogP contribution in [0.3, 0.4) is 0 Å². The van der Waals surface area contributed by atoms with Gasteiger partial charge < -0.3 is 10.0 Å². The largest absolute Gasteiger partial charge is 0.489 e. The highest BCUT2D eigenvalue weighted by molar-refractivity contribution is 6.60. The van der Waals surface area contributed by atoms with E-state index in [1.54, 1.807) is 6.07 Å². The Bertz CT molecular complexity index is 481. The molecule has 2 rings (SSSR count). The molecule has 0 bridgehead atoms. The molecule has 2 aromatic carbocycles. The summed E-state index contributed by atoms with van der Waals surface area (Å²) in [5, 5.41) is 18.6. The summed E-state index contributed by atoms with van der Waals surface area (Å²) in [7, 11) is -1.43. The minimum atomic E-state index is -1.43. The van der Waals surface area contributed by atoms with Gasteiger partial charge in [-0.15, -0.1) is 0 Å². The second kappa shape index (κ2) is 4.52. The van der Waals surface area contributed by atoms with Crippen LogP contribution in [0.2, 0.25) is 0 Å². The molecule has 16 heavy (non-hydrogen) atoms. The van der Waals surface area contributed by atoms with Crippen LogP contribution in [0.25, 0.3) is 11.1 Å². The Hall–Kier alpha value is -1.58. The van der Waals surface area contributed by atoms with Crippen molar-refractivity contribution >= 4 is 12.6 Å². The zero-order valence-electron chi connectivity index (χ0n) is 9.09. The van der Waals surface area contributed by atoms with Crippen LogP contribution in [0.15, 0.2) is 48.5 Å². The summed E-state index contributed by atoms with van der Waals surface area (Å²) in [5.74, 6) is 0. The van der Waals surface area contributed by atoms with Crippen LogP contribution in [-0.2, 0) is 0 Å². The minimum Gasteiger partial charge on any atom is -0.423 e. The number of hydrogen-bond acceptors (Lipinski definition) is 2. The van der Waals surface area contributed by atoms with Crippen LogP contribution in [0.5, 0.6) is 0 Å². The molecule has 0 amide bonds. The molecule has 0 saturated heterocycles. The number of benzene rings is 2. The molecular weight excluding hydrogens is 199 g/mol. The van der Waals surface area contributed by atoms with E-state index in [1.807, 2.05) is 49.4 Å². The molecule has 0 unspecified atom stereocenters. The summed E-state index contributed by atoms with van der Waals surface area (Å²) in [4.78, 5) is 0. The van der Waals surface area contributed by atoms with Gasteiger partial charge in [-0.25, -0.2) is 0 Å². The van der Waals surface area contributed by atoms with Crippen molar-refractivity contribution in [2.24, 2.45) is 0 Å². The first kappa shape index (κ1) is 10.9. The summed E-state index contributed by atoms with van der Waals surface area (Å²) >= 11 is 0. The zero-order valence-corrected chi connectivity index (χ0v) is 9.09. The highest BCUT2D eigenvalue weighted by Gasteiger charge is 2.16. The third-order valence-corrected chi connectivity index (χ3v) is 2.57. The monoisotopic (exact) mass is 212 g/mol. The van der Waals surface area contributed by atoms with E-state index in [2.05, 4.69) is 0 Å². The number of aryl methyl sites for hydroxylation is 1. The average molecular weight is 212 g/mol. The quantitative estimate of drug-likeness (QED) is 0.737. The molecule has 0 aromatic heterocycles. The first-order valence-electron chi connectivity index (χ1n) is 5.20. The Morgan fingerprint density at radius 3 is 2.25 bits per heavy atom. The third-order valence-electron chi connectivity index (χ3n) is 2.57. The first-order chi connectivity index (χ1) is 7.68. The van der Waals surface area contributed by atoms with Crippen LogP contribution < -0.4 is 5.46 Å². The van der Waals surface area contributed by atoms with E-state index in [0.717, 1.165) is 16.7 Å².